The van der Waals surface area contributed by atoms with Crippen LogP contribution in [0.2, 0.25) is 5.02 Å². The average Bonchev–Trinajstić information content (AvgIpc) is 2.65. The molecular formula is C21H22ClN2NaO2. The van der Waals surface area contributed by atoms with Gasteiger partial charge in [0.25, 0.3) is 0 Å². The van der Waals surface area contributed by atoms with Crippen molar-refractivity contribution in [3.05, 3.63) is 82.9 Å². The molecule has 0 N–H and O–H groups in total. The monoisotopic (exact) mass is 392 g/mol. The standard InChI is InChI=1S/C21H23ClN2O2.Na/c22-19-10-8-18(9-11-19)21(17-5-2-1-3-6-17)24-15-13-23(14-16-24)12-4-7-20(25)26;/h1-11,21H,12-16H2,(H,25,26);/q;+1/p-1. The van der Waals surface area contributed by atoms with Crippen molar-refractivity contribution in [2.75, 3.05) is 32.7 Å². The summed E-state index contributed by atoms with van der Waals surface area (Å²) in [6.45, 7) is 4.27. The summed E-state index contributed by atoms with van der Waals surface area (Å²) in [6.07, 6.45) is 2.76. The first-order valence-corrected chi connectivity index (χ1v) is 9.15. The van der Waals surface area contributed by atoms with Gasteiger partial charge in [-0.05, 0) is 29.3 Å². The van der Waals surface area contributed by atoms with Crippen molar-refractivity contribution in [2.45, 2.75) is 6.04 Å². The Hall–Kier alpha value is -1.14. The number of piperazine rings is 1. The minimum atomic E-state index is -1.14. The van der Waals surface area contributed by atoms with Crippen LogP contribution in [0.1, 0.15) is 17.2 Å². The predicted octanol–water partition coefficient (Wildman–Crippen LogP) is -0.643. The predicted molar refractivity (Wildman–Crippen MR) is 102 cm³/mol. The van der Waals surface area contributed by atoms with Gasteiger partial charge in [0.1, 0.15) is 0 Å². The molecule has 2 aromatic carbocycles. The van der Waals surface area contributed by atoms with E-state index in [1.807, 2.05) is 18.2 Å². The molecule has 1 fully saturated rings. The normalized spacial score (nSPS) is 16.8. The Morgan fingerprint density at radius 3 is 2.19 bits per heavy atom. The number of benzene rings is 2. The first-order valence-electron chi connectivity index (χ1n) is 8.78. The minimum Gasteiger partial charge on any atom is -0.545 e. The Morgan fingerprint density at radius 1 is 1.00 bits per heavy atom. The third-order valence-corrected chi connectivity index (χ3v) is 4.94. The number of carboxylic acid groups (broad SMARTS) is 1. The smallest absolute Gasteiger partial charge is 0.545 e. The summed E-state index contributed by atoms with van der Waals surface area (Å²) < 4.78 is 0. The molecule has 4 nitrogen and oxygen atoms in total. The van der Waals surface area contributed by atoms with Crippen LogP contribution in [-0.4, -0.2) is 48.5 Å². The maximum atomic E-state index is 10.5. The molecule has 6 heteroatoms. The van der Waals surface area contributed by atoms with Crippen LogP contribution < -0.4 is 34.7 Å². The van der Waals surface area contributed by atoms with Crippen molar-refractivity contribution in [3.63, 3.8) is 0 Å². The molecule has 136 valence electrons. The number of hydrogen-bond donors (Lipinski definition) is 0. The minimum absolute atomic E-state index is 0. The fourth-order valence-corrected chi connectivity index (χ4v) is 3.52. The zero-order valence-electron chi connectivity index (χ0n) is 15.6. The summed E-state index contributed by atoms with van der Waals surface area (Å²) in [4.78, 5) is 15.2. The number of aliphatic carboxylic acids is 1. The molecule has 1 heterocycles. The molecule has 0 spiro atoms. The molecule has 3 rings (SSSR count). The summed E-state index contributed by atoms with van der Waals surface area (Å²) in [5.74, 6) is -1.14. The molecule has 0 amide bonds. The van der Waals surface area contributed by atoms with E-state index in [4.69, 9.17) is 11.6 Å². The quantitative estimate of drug-likeness (QED) is 0.484. The molecule has 0 aliphatic carbocycles. The summed E-state index contributed by atoms with van der Waals surface area (Å²) in [7, 11) is 0. The first kappa shape index (κ1) is 22.2. The van der Waals surface area contributed by atoms with Gasteiger partial charge in [-0.1, -0.05) is 60.1 Å². The van der Waals surface area contributed by atoms with Gasteiger partial charge in [-0.3, -0.25) is 9.80 Å². The Morgan fingerprint density at radius 2 is 1.59 bits per heavy atom. The molecule has 1 aliphatic rings. The van der Waals surface area contributed by atoms with Crippen molar-refractivity contribution in [1.29, 1.82) is 0 Å². The number of carbonyl (C=O) groups is 1. The van der Waals surface area contributed by atoms with Crippen molar-refractivity contribution >= 4 is 17.6 Å². The molecular weight excluding hydrogens is 371 g/mol. The van der Waals surface area contributed by atoms with Gasteiger partial charge in [-0.15, -0.1) is 0 Å². The van der Waals surface area contributed by atoms with Crippen molar-refractivity contribution in [3.8, 4) is 0 Å². The second kappa shape index (κ2) is 11.0. The Labute approximate surface area is 187 Å². The second-order valence-electron chi connectivity index (χ2n) is 6.42. The Bertz CT molecular complexity index is 745. The van der Waals surface area contributed by atoms with Crippen molar-refractivity contribution in [1.82, 2.24) is 9.80 Å². The van der Waals surface area contributed by atoms with E-state index in [9.17, 15) is 9.90 Å². The Kier molecular flexibility index (Phi) is 9.03. The second-order valence-corrected chi connectivity index (χ2v) is 6.86. The van der Waals surface area contributed by atoms with Crippen LogP contribution >= 0.6 is 11.6 Å². The van der Waals surface area contributed by atoms with Crippen LogP contribution in [0.15, 0.2) is 66.7 Å². The molecule has 2 aromatic rings. The van der Waals surface area contributed by atoms with Crippen LogP contribution in [0.3, 0.4) is 0 Å². The van der Waals surface area contributed by atoms with Crippen LogP contribution in [0.4, 0.5) is 0 Å². The number of rotatable bonds is 6. The third kappa shape index (κ3) is 6.46. The summed E-state index contributed by atoms with van der Waals surface area (Å²) in [5.41, 5.74) is 2.49. The number of carboxylic acids is 1. The molecule has 1 aliphatic heterocycles. The molecule has 27 heavy (non-hydrogen) atoms. The third-order valence-electron chi connectivity index (χ3n) is 4.69. The van der Waals surface area contributed by atoms with Gasteiger partial charge in [0.2, 0.25) is 0 Å². The van der Waals surface area contributed by atoms with E-state index in [2.05, 4.69) is 46.2 Å². The maximum absolute atomic E-state index is 10.5. The Balaban J connectivity index is 0.00000261. The van der Waals surface area contributed by atoms with Gasteiger partial charge in [-0.25, -0.2) is 0 Å². The van der Waals surface area contributed by atoms with E-state index in [0.29, 0.717) is 6.54 Å². The van der Waals surface area contributed by atoms with E-state index in [-0.39, 0.29) is 35.6 Å². The van der Waals surface area contributed by atoms with E-state index >= 15 is 0 Å². The fraction of sp³-hybridized carbons (Fsp3) is 0.286. The largest absolute Gasteiger partial charge is 1.00 e. The fourth-order valence-electron chi connectivity index (χ4n) is 3.40. The summed E-state index contributed by atoms with van der Waals surface area (Å²) in [5, 5.41) is 11.2. The van der Waals surface area contributed by atoms with Crippen LogP contribution in [0.5, 0.6) is 0 Å². The van der Waals surface area contributed by atoms with Crippen LogP contribution in [0, 0.1) is 0 Å². The van der Waals surface area contributed by atoms with Crippen LogP contribution in [-0.2, 0) is 4.79 Å². The molecule has 0 aromatic heterocycles. The zero-order valence-corrected chi connectivity index (χ0v) is 18.3. The van der Waals surface area contributed by atoms with Gasteiger partial charge in [0.15, 0.2) is 0 Å². The van der Waals surface area contributed by atoms with Gasteiger partial charge in [0, 0.05) is 37.7 Å². The molecule has 1 atom stereocenters. The van der Waals surface area contributed by atoms with Gasteiger partial charge >= 0.3 is 29.6 Å². The number of hydrogen-bond acceptors (Lipinski definition) is 4. The summed E-state index contributed by atoms with van der Waals surface area (Å²) in [6, 6.07) is 18.7. The van der Waals surface area contributed by atoms with E-state index in [1.165, 1.54) is 11.1 Å². The summed E-state index contributed by atoms with van der Waals surface area (Å²) >= 11 is 6.07. The molecule has 1 saturated heterocycles. The van der Waals surface area contributed by atoms with Crippen molar-refractivity contribution in [2.24, 2.45) is 0 Å². The average molecular weight is 393 g/mol. The van der Waals surface area contributed by atoms with Gasteiger partial charge < -0.3 is 9.90 Å². The molecule has 1 unspecified atom stereocenters. The zero-order chi connectivity index (χ0) is 18.4. The number of nitrogens with zero attached hydrogens (tertiary/aromatic N) is 2. The van der Waals surface area contributed by atoms with E-state index in [1.54, 1.807) is 6.08 Å². The number of carbonyl (C=O) groups excluding carboxylic acids is 1. The molecule has 0 radical (unpaired) electrons. The van der Waals surface area contributed by atoms with Gasteiger partial charge in [0.05, 0.1) is 12.0 Å². The SMILES string of the molecule is O=C([O-])C=CCN1CCN(C(c2ccccc2)c2ccc(Cl)cc2)CC1.[Na+]. The topological polar surface area (TPSA) is 46.6 Å². The van der Waals surface area contributed by atoms with E-state index < -0.39 is 5.97 Å². The first-order chi connectivity index (χ1) is 12.6. The van der Waals surface area contributed by atoms with Crippen molar-refractivity contribution < 1.29 is 39.5 Å². The number of halogens is 1. The molecule has 0 bridgehead atoms. The maximum Gasteiger partial charge on any atom is 1.00 e. The van der Waals surface area contributed by atoms with Gasteiger partial charge in [-0.2, -0.15) is 0 Å². The van der Waals surface area contributed by atoms with E-state index in [0.717, 1.165) is 37.3 Å². The molecule has 0 saturated carbocycles. The van der Waals surface area contributed by atoms with Crippen LogP contribution in [0.25, 0.3) is 0 Å².